The zero-order valence-corrected chi connectivity index (χ0v) is 28.5. The van der Waals surface area contributed by atoms with Crippen molar-refractivity contribution in [3.8, 4) is 0 Å². The highest BCUT2D eigenvalue weighted by Crippen LogP contribution is 2.39. The highest BCUT2D eigenvalue weighted by Gasteiger charge is 2.51. The average Bonchev–Trinajstić information content (AvgIpc) is 3.17. The van der Waals surface area contributed by atoms with Crippen molar-refractivity contribution in [3.63, 3.8) is 0 Å². The summed E-state index contributed by atoms with van der Waals surface area (Å²) in [6, 6.07) is 21.0. The standard InChI is InChI=1S/C33H52O5Si2/c1-25(38-40(32(5,6)7,26-18-14-12-15-19-26)27-20-16-13-17-21-27)28(34)22-23-29-30(37-33(8,9)36-29)24-35-39(10,11)31(2,3)4/h12-23,25,28-30,34H,24H2,1-11H3/b23-22+/t25-,28-,29+,30+/m0/s1. The summed E-state index contributed by atoms with van der Waals surface area (Å²) < 4.78 is 26.0. The fraction of sp³-hybridized carbons (Fsp3) is 0.576. The van der Waals surface area contributed by atoms with Gasteiger partial charge in [-0.3, -0.25) is 0 Å². The lowest BCUT2D eigenvalue weighted by Gasteiger charge is -2.45. The van der Waals surface area contributed by atoms with Gasteiger partial charge in [0.1, 0.15) is 12.2 Å². The first-order valence-corrected chi connectivity index (χ1v) is 19.4. The van der Waals surface area contributed by atoms with Crippen LogP contribution in [0.2, 0.25) is 23.2 Å². The summed E-state index contributed by atoms with van der Waals surface area (Å²) in [6.45, 7) is 24.2. The molecule has 2 aromatic carbocycles. The predicted molar refractivity (Wildman–Crippen MR) is 170 cm³/mol. The Kier molecular flexibility index (Phi) is 10.2. The van der Waals surface area contributed by atoms with Gasteiger partial charge in [0.2, 0.25) is 0 Å². The molecule has 0 bridgehead atoms. The molecule has 1 aliphatic heterocycles. The van der Waals surface area contributed by atoms with E-state index in [1.54, 1.807) is 6.08 Å². The van der Waals surface area contributed by atoms with Crippen molar-refractivity contribution < 1.29 is 23.4 Å². The number of rotatable bonds is 10. The Balaban J connectivity index is 1.84. The largest absolute Gasteiger partial charge is 0.414 e. The molecule has 1 aliphatic rings. The van der Waals surface area contributed by atoms with Crippen LogP contribution in [0.5, 0.6) is 0 Å². The van der Waals surface area contributed by atoms with Gasteiger partial charge in [-0.1, -0.05) is 114 Å². The number of ether oxygens (including phenoxy) is 2. The zero-order chi connectivity index (χ0) is 30.0. The predicted octanol–water partition coefficient (Wildman–Crippen LogP) is 6.41. The Hall–Kier alpha value is -1.59. The molecular formula is C33H52O5Si2. The zero-order valence-electron chi connectivity index (χ0n) is 26.5. The quantitative estimate of drug-likeness (QED) is 0.258. The second kappa shape index (κ2) is 12.3. The van der Waals surface area contributed by atoms with Crippen molar-refractivity contribution in [2.75, 3.05) is 6.61 Å². The Morgan fingerprint density at radius 3 is 1.82 bits per heavy atom. The van der Waals surface area contributed by atoms with E-state index in [0.29, 0.717) is 6.61 Å². The first-order valence-electron chi connectivity index (χ1n) is 14.5. The second-order valence-electron chi connectivity index (χ2n) is 14.1. The lowest BCUT2D eigenvalue weighted by Crippen LogP contribution is -2.68. The molecule has 0 amide bonds. The summed E-state index contributed by atoms with van der Waals surface area (Å²) in [5.41, 5.74) is 0. The van der Waals surface area contributed by atoms with E-state index in [-0.39, 0.29) is 22.3 Å². The van der Waals surface area contributed by atoms with E-state index in [1.807, 2.05) is 39.0 Å². The normalized spacial score (nSPS) is 22.0. The monoisotopic (exact) mass is 584 g/mol. The number of hydrogen-bond donors (Lipinski definition) is 1. The smallest absolute Gasteiger partial charge is 0.261 e. The molecule has 0 saturated carbocycles. The molecular weight excluding hydrogens is 533 g/mol. The first-order chi connectivity index (χ1) is 18.4. The maximum Gasteiger partial charge on any atom is 0.261 e. The Labute approximate surface area is 245 Å². The van der Waals surface area contributed by atoms with Crippen molar-refractivity contribution in [1.29, 1.82) is 0 Å². The minimum atomic E-state index is -2.79. The van der Waals surface area contributed by atoms with Gasteiger partial charge in [0, 0.05) is 0 Å². The number of aliphatic hydroxyl groups excluding tert-OH is 1. The fourth-order valence-electron chi connectivity index (χ4n) is 5.08. The first kappa shape index (κ1) is 32.9. The molecule has 0 spiro atoms. The summed E-state index contributed by atoms with van der Waals surface area (Å²) in [5.74, 6) is -0.724. The van der Waals surface area contributed by atoms with Gasteiger partial charge in [-0.2, -0.15) is 0 Å². The molecule has 0 aromatic heterocycles. The molecule has 3 rings (SSSR count). The van der Waals surface area contributed by atoms with Gasteiger partial charge < -0.3 is 23.4 Å². The van der Waals surface area contributed by atoms with E-state index < -0.39 is 34.6 Å². The minimum Gasteiger partial charge on any atom is -0.414 e. The van der Waals surface area contributed by atoms with Gasteiger partial charge in [-0.15, -0.1) is 0 Å². The summed E-state index contributed by atoms with van der Waals surface area (Å²) in [7, 11) is -4.73. The van der Waals surface area contributed by atoms with Gasteiger partial charge in [-0.05, 0) is 54.3 Å². The van der Waals surface area contributed by atoms with Crippen LogP contribution >= 0.6 is 0 Å². The van der Waals surface area contributed by atoms with Crippen LogP contribution in [0.1, 0.15) is 62.3 Å². The van der Waals surface area contributed by atoms with Crippen molar-refractivity contribution in [3.05, 3.63) is 72.8 Å². The van der Waals surface area contributed by atoms with Crippen molar-refractivity contribution in [1.82, 2.24) is 0 Å². The molecule has 1 heterocycles. The van der Waals surface area contributed by atoms with Crippen LogP contribution in [0.25, 0.3) is 0 Å². The van der Waals surface area contributed by atoms with Gasteiger partial charge in [0.25, 0.3) is 8.32 Å². The minimum absolute atomic E-state index is 0.108. The van der Waals surface area contributed by atoms with Gasteiger partial charge in [-0.25, -0.2) is 0 Å². The topological polar surface area (TPSA) is 57.2 Å². The second-order valence-corrected chi connectivity index (χ2v) is 23.1. The molecule has 1 N–H and O–H groups in total. The third-order valence-corrected chi connectivity index (χ3v) is 18.0. The van der Waals surface area contributed by atoms with Crippen LogP contribution in [-0.2, 0) is 18.3 Å². The van der Waals surface area contributed by atoms with Gasteiger partial charge in [0.05, 0.1) is 18.8 Å². The van der Waals surface area contributed by atoms with Gasteiger partial charge in [0.15, 0.2) is 14.1 Å². The summed E-state index contributed by atoms with van der Waals surface area (Å²) in [5, 5.41) is 13.7. The van der Waals surface area contributed by atoms with Crippen molar-refractivity contribution in [2.45, 2.75) is 116 Å². The Morgan fingerprint density at radius 2 is 1.38 bits per heavy atom. The fourth-order valence-corrected chi connectivity index (χ4v) is 10.8. The average molecular weight is 585 g/mol. The summed E-state index contributed by atoms with van der Waals surface area (Å²) >= 11 is 0. The lowest BCUT2D eigenvalue weighted by atomic mass is 10.1. The SMILES string of the molecule is C[C@H](O[Si](c1ccccc1)(c1ccccc1)C(C)(C)C)[C@@H](O)/C=C/[C@H]1OC(C)(C)O[C@@H]1CO[Si](C)(C)C(C)(C)C. The molecule has 0 radical (unpaired) electrons. The molecule has 222 valence electrons. The van der Waals surface area contributed by atoms with Crippen LogP contribution in [0.3, 0.4) is 0 Å². The molecule has 1 saturated heterocycles. The van der Waals surface area contributed by atoms with E-state index in [9.17, 15) is 5.11 Å². The van der Waals surface area contributed by atoms with E-state index in [4.69, 9.17) is 18.3 Å². The van der Waals surface area contributed by atoms with Gasteiger partial charge >= 0.3 is 0 Å². The van der Waals surface area contributed by atoms with Crippen LogP contribution in [0, 0.1) is 0 Å². The van der Waals surface area contributed by atoms with Crippen LogP contribution in [-0.4, -0.2) is 58.6 Å². The van der Waals surface area contributed by atoms with Crippen molar-refractivity contribution >= 4 is 27.0 Å². The molecule has 2 aromatic rings. The number of benzene rings is 2. The van der Waals surface area contributed by atoms with E-state index in [1.165, 1.54) is 10.4 Å². The molecule has 0 unspecified atom stereocenters. The summed E-state index contributed by atoms with van der Waals surface area (Å²) in [4.78, 5) is 0. The van der Waals surface area contributed by atoms with Crippen LogP contribution in [0.15, 0.2) is 72.8 Å². The van der Waals surface area contributed by atoms with E-state index >= 15 is 0 Å². The maximum absolute atomic E-state index is 11.4. The molecule has 7 heteroatoms. The molecule has 0 aliphatic carbocycles. The Bertz CT molecular complexity index is 1060. The number of aliphatic hydroxyl groups is 1. The third kappa shape index (κ3) is 7.43. The highest BCUT2D eigenvalue weighted by atomic mass is 28.4. The van der Waals surface area contributed by atoms with Crippen LogP contribution < -0.4 is 10.4 Å². The highest BCUT2D eigenvalue weighted by molar-refractivity contribution is 6.99. The molecule has 40 heavy (non-hydrogen) atoms. The van der Waals surface area contributed by atoms with Crippen molar-refractivity contribution in [2.24, 2.45) is 0 Å². The molecule has 4 atom stereocenters. The third-order valence-electron chi connectivity index (χ3n) is 8.39. The van der Waals surface area contributed by atoms with E-state index in [0.717, 1.165) is 0 Å². The summed E-state index contributed by atoms with van der Waals surface area (Å²) in [6.07, 6.45) is 1.88. The van der Waals surface area contributed by atoms with E-state index in [2.05, 4.69) is 103 Å². The number of hydrogen-bond acceptors (Lipinski definition) is 5. The van der Waals surface area contributed by atoms with Crippen LogP contribution in [0.4, 0.5) is 0 Å². The molecule has 5 nitrogen and oxygen atoms in total. The lowest BCUT2D eigenvalue weighted by molar-refractivity contribution is -0.145. The molecule has 1 fully saturated rings. The Morgan fingerprint density at radius 1 is 0.875 bits per heavy atom. The maximum atomic E-state index is 11.4.